The molecule has 3 rings (SSSR count). The summed E-state index contributed by atoms with van der Waals surface area (Å²) in [6, 6.07) is 12.9. The van der Waals surface area contributed by atoms with Gasteiger partial charge in [0.1, 0.15) is 0 Å². The molecule has 2 aromatic carbocycles. The number of carbonyl (C=O) groups is 1. The summed E-state index contributed by atoms with van der Waals surface area (Å²) in [6.45, 7) is 0. The topological polar surface area (TPSA) is 63.2 Å². The van der Waals surface area contributed by atoms with Gasteiger partial charge in [-0.2, -0.15) is 0 Å². The van der Waals surface area contributed by atoms with Crippen LogP contribution < -0.4 is 15.4 Å². The van der Waals surface area contributed by atoms with Crippen LogP contribution in [0.3, 0.4) is 0 Å². The van der Waals surface area contributed by atoms with Crippen molar-refractivity contribution >= 4 is 40.7 Å². The van der Waals surface area contributed by atoms with Crippen molar-refractivity contribution in [3.63, 3.8) is 0 Å². The number of ether oxygens (including phenoxy) is 1. The zero-order chi connectivity index (χ0) is 16.2. The Morgan fingerprint density at radius 3 is 2.67 bits per heavy atom. The summed E-state index contributed by atoms with van der Waals surface area (Å²) in [7, 11) is 1.38. The second-order valence-corrected chi connectivity index (χ2v) is 4.80. The number of fused-ring (bicyclic) bond motifs is 1. The average molecular weight is 348 g/mol. The van der Waals surface area contributed by atoms with Crippen molar-refractivity contribution in [3.05, 3.63) is 60.5 Å². The number of halogens is 2. The summed E-state index contributed by atoms with van der Waals surface area (Å²) in [5, 5.41) is 6.14. The third-order valence-corrected chi connectivity index (χ3v) is 3.31. The molecule has 2 amide bonds. The smallest absolute Gasteiger partial charge is 0.323 e. The Labute approximate surface area is 144 Å². The van der Waals surface area contributed by atoms with Crippen LogP contribution in [-0.4, -0.2) is 18.1 Å². The predicted octanol–water partition coefficient (Wildman–Crippen LogP) is 4.45. The van der Waals surface area contributed by atoms with Gasteiger partial charge in [0.25, 0.3) is 0 Å². The lowest BCUT2D eigenvalue weighted by atomic mass is 10.2. The maximum Gasteiger partial charge on any atom is 0.323 e. The number of anilines is 2. The largest absolute Gasteiger partial charge is 0.494 e. The van der Waals surface area contributed by atoms with Crippen LogP contribution in [0, 0.1) is 5.82 Å². The van der Waals surface area contributed by atoms with Crippen LogP contribution in [0.4, 0.5) is 20.6 Å². The normalized spacial score (nSPS) is 9.92. The number of nitrogens with one attached hydrogen (secondary N) is 2. The van der Waals surface area contributed by atoms with Crippen molar-refractivity contribution in [2.45, 2.75) is 0 Å². The van der Waals surface area contributed by atoms with E-state index in [0.717, 1.165) is 10.9 Å². The van der Waals surface area contributed by atoms with Gasteiger partial charge < -0.3 is 15.4 Å². The van der Waals surface area contributed by atoms with Gasteiger partial charge in [-0.1, -0.05) is 18.2 Å². The molecule has 0 saturated heterocycles. The van der Waals surface area contributed by atoms with E-state index < -0.39 is 11.8 Å². The molecule has 0 radical (unpaired) electrons. The van der Waals surface area contributed by atoms with E-state index in [4.69, 9.17) is 4.74 Å². The van der Waals surface area contributed by atoms with Crippen LogP contribution in [0.2, 0.25) is 0 Å². The molecule has 1 heterocycles. The predicted molar refractivity (Wildman–Crippen MR) is 94.6 cm³/mol. The van der Waals surface area contributed by atoms with E-state index in [2.05, 4.69) is 15.6 Å². The summed E-state index contributed by atoms with van der Waals surface area (Å²) in [5.41, 5.74) is 1.74. The van der Waals surface area contributed by atoms with Crippen molar-refractivity contribution in [1.82, 2.24) is 4.98 Å². The number of hydrogen-bond acceptors (Lipinski definition) is 3. The maximum atomic E-state index is 13.6. The van der Waals surface area contributed by atoms with Crippen LogP contribution in [0.25, 0.3) is 10.9 Å². The SMILES string of the molecule is COc1ccc(NC(=O)Nc2ccnc3ccccc23)cc1F.Cl. The first-order valence-electron chi connectivity index (χ1n) is 6.92. The van der Waals surface area contributed by atoms with Crippen LogP contribution in [0.1, 0.15) is 0 Å². The minimum absolute atomic E-state index is 0. The van der Waals surface area contributed by atoms with Gasteiger partial charge >= 0.3 is 6.03 Å². The molecule has 124 valence electrons. The average Bonchev–Trinajstić information content (AvgIpc) is 2.55. The monoisotopic (exact) mass is 347 g/mol. The van der Waals surface area contributed by atoms with E-state index in [0.29, 0.717) is 11.4 Å². The number of carbonyl (C=O) groups excluding carboxylic acids is 1. The van der Waals surface area contributed by atoms with Crippen LogP contribution >= 0.6 is 12.4 Å². The van der Waals surface area contributed by atoms with E-state index >= 15 is 0 Å². The summed E-state index contributed by atoms with van der Waals surface area (Å²) in [6.07, 6.45) is 1.62. The van der Waals surface area contributed by atoms with Gasteiger partial charge in [0.2, 0.25) is 0 Å². The summed E-state index contributed by atoms with van der Waals surface area (Å²) in [5.74, 6) is -0.421. The standard InChI is InChI=1S/C17H14FN3O2.ClH/c1-23-16-7-6-11(10-13(16)18)20-17(22)21-15-8-9-19-14-5-3-2-4-12(14)15;/h2-10H,1H3,(H2,19,20,21,22);1H. The first-order valence-corrected chi connectivity index (χ1v) is 6.92. The van der Waals surface area contributed by atoms with E-state index in [-0.39, 0.29) is 18.2 Å². The van der Waals surface area contributed by atoms with Crippen molar-refractivity contribution in [1.29, 1.82) is 0 Å². The molecule has 7 heteroatoms. The van der Waals surface area contributed by atoms with Gasteiger partial charge in [-0.05, 0) is 24.3 Å². The number of aromatic nitrogens is 1. The summed E-state index contributed by atoms with van der Waals surface area (Å²) in [4.78, 5) is 16.3. The van der Waals surface area contributed by atoms with Gasteiger partial charge in [0, 0.05) is 23.3 Å². The molecule has 1 aromatic heterocycles. The Balaban J connectivity index is 0.00000208. The highest BCUT2D eigenvalue weighted by Gasteiger charge is 2.08. The van der Waals surface area contributed by atoms with Crippen molar-refractivity contribution < 1.29 is 13.9 Å². The molecular weight excluding hydrogens is 333 g/mol. The Morgan fingerprint density at radius 1 is 1.12 bits per heavy atom. The fourth-order valence-corrected chi connectivity index (χ4v) is 2.23. The zero-order valence-corrected chi connectivity index (χ0v) is 13.6. The highest BCUT2D eigenvalue weighted by atomic mass is 35.5. The number of rotatable bonds is 3. The number of pyridine rings is 1. The van der Waals surface area contributed by atoms with Crippen molar-refractivity contribution in [3.8, 4) is 5.75 Å². The van der Waals surface area contributed by atoms with E-state index in [1.807, 2.05) is 24.3 Å². The number of methoxy groups -OCH3 is 1. The quantitative estimate of drug-likeness (QED) is 0.735. The van der Waals surface area contributed by atoms with Gasteiger partial charge in [0.05, 0.1) is 18.3 Å². The van der Waals surface area contributed by atoms with E-state index in [1.54, 1.807) is 18.3 Å². The molecule has 0 atom stereocenters. The Hall–Kier alpha value is -2.86. The number of benzene rings is 2. The molecule has 2 N–H and O–H groups in total. The second-order valence-electron chi connectivity index (χ2n) is 4.80. The molecule has 24 heavy (non-hydrogen) atoms. The third-order valence-electron chi connectivity index (χ3n) is 3.31. The van der Waals surface area contributed by atoms with Crippen LogP contribution in [0.5, 0.6) is 5.75 Å². The fraction of sp³-hybridized carbons (Fsp3) is 0.0588. The number of nitrogens with zero attached hydrogens (tertiary/aromatic N) is 1. The Morgan fingerprint density at radius 2 is 1.92 bits per heavy atom. The molecule has 5 nitrogen and oxygen atoms in total. The molecule has 3 aromatic rings. The van der Waals surface area contributed by atoms with Crippen molar-refractivity contribution in [2.75, 3.05) is 17.7 Å². The lowest BCUT2D eigenvalue weighted by Crippen LogP contribution is -2.19. The highest BCUT2D eigenvalue weighted by Crippen LogP contribution is 2.23. The summed E-state index contributed by atoms with van der Waals surface area (Å²) < 4.78 is 18.5. The van der Waals surface area contributed by atoms with Crippen LogP contribution in [0.15, 0.2) is 54.7 Å². The van der Waals surface area contributed by atoms with E-state index in [9.17, 15) is 9.18 Å². The number of hydrogen-bond donors (Lipinski definition) is 2. The Kier molecular flexibility index (Phi) is 5.55. The molecule has 0 spiro atoms. The number of para-hydroxylation sites is 1. The van der Waals surface area contributed by atoms with Gasteiger partial charge in [0.15, 0.2) is 11.6 Å². The lowest BCUT2D eigenvalue weighted by molar-refractivity contribution is 0.262. The lowest BCUT2D eigenvalue weighted by Gasteiger charge is -2.10. The second kappa shape index (κ2) is 7.61. The molecule has 0 bridgehead atoms. The minimum atomic E-state index is -0.542. The molecule has 0 aliphatic carbocycles. The number of amides is 2. The first kappa shape index (κ1) is 17.5. The maximum absolute atomic E-state index is 13.6. The molecule has 0 unspecified atom stereocenters. The van der Waals surface area contributed by atoms with Gasteiger partial charge in [-0.25, -0.2) is 9.18 Å². The summed E-state index contributed by atoms with van der Waals surface area (Å²) >= 11 is 0. The third kappa shape index (κ3) is 3.72. The number of urea groups is 1. The Bertz CT molecular complexity index is 868. The first-order chi connectivity index (χ1) is 11.2. The van der Waals surface area contributed by atoms with Gasteiger partial charge in [-0.15, -0.1) is 12.4 Å². The zero-order valence-electron chi connectivity index (χ0n) is 12.7. The van der Waals surface area contributed by atoms with Gasteiger partial charge in [-0.3, -0.25) is 4.98 Å². The molecule has 0 saturated carbocycles. The molecule has 0 fully saturated rings. The minimum Gasteiger partial charge on any atom is -0.494 e. The molecular formula is C17H15ClFN3O2. The fourth-order valence-electron chi connectivity index (χ4n) is 2.23. The van der Waals surface area contributed by atoms with Crippen molar-refractivity contribution in [2.24, 2.45) is 0 Å². The molecule has 0 aliphatic heterocycles. The van der Waals surface area contributed by atoms with Crippen LogP contribution in [-0.2, 0) is 0 Å². The van der Waals surface area contributed by atoms with E-state index in [1.165, 1.54) is 19.2 Å². The molecule has 0 aliphatic rings. The highest BCUT2D eigenvalue weighted by molar-refractivity contribution is 6.05.